The summed E-state index contributed by atoms with van der Waals surface area (Å²) in [5, 5.41) is 0. The number of nitrogens with one attached hydrogen (secondary N) is 1. The third kappa shape index (κ3) is 2.86. The molecule has 1 rings (SSSR count). The molecule has 1 fully saturated rings. The Hall–Kier alpha value is 0.679. The van der Waals surface area contributed by atoms with E-state index in [1.807, 2.05) is 0 Å². The van der Waals surface area contributed by atoms with Gasteiger partial charge in [-0.1, -0.05) is 0 Å². The Balaban J connectivity index is 2.00. The zero-order valence-corrected chi connectivity index (χ0v) is 7.50. The number of rotatable bonds is 0. The molecule has 8 heavy (non-hydrogen) atoms. The summed E-state index contributed by atoms with van der Waals surface area (Å²) in [6, 6.07) is 0. The van der Waals surface area contributed by atoms with Crippen LogP contribution in [0.3, 0.4) is 0 Å². The molecule has 0 unspecified atom stereocenters. The molecular weight excluding hydrogens is 213 g/mol. The molecule has 1 aliphatic rings. The van der Waals surface area contributed by atoms with Gasteiger partial charge in [-0.25, -0.2) is 0 Å². The van der Waals surface area contributed by atoms with E-state index < -0.39 is 0 Å². The first-order valence-electron chi connectivity index (χ1n) is 2.76. The summed E-state index contributed by atoms with van der Waals surface area (Å²) in [6.45, 7) is 0.742. The zero-order chi connectivity index (χ0) is 5.66. The van der Waals surface area contributed by atoms with Gasteiger partial charge in [0.2, 0.25) is 0 Å². The summed E-state index contributed by atoms with van der Waals surface area (Å²) in [4.78, 5) is 9.31. The van der Waals surface area contributed by atoms with Gasteiger partial charge in [0.15, 0.2) is 0 Å². The van der Waals surface area contributed by atoms with Crippen LogP contribution >= 0.6 is 0 Å². The molecule has 0 spiro atoms. The molecule has 46 valence electrons. The molecule has 0 saturated carbocycles. The molecular formula is C4H9NO2Sn. The van der Waals surface area contributed by atoms with Crippen LogP contribution in [0.4, 0.5) is 0 Å². The Labute approximate surface area is 59.2 Å². The van der Waals surface area contributed by atoms with Crippen LogP contribution in [0.25, 0.3) is 0 Å². The molecule has 0 amide bonds. The topological polar surface area (TPSA) is 30.5 Å². The maximum absolute atomic E-state index is 4.71. The van der Waals surface area contributed by atoms with E-state index in [4.69, 9.17) is 4.89 Å². The average Bonchev–Trinajstić information content (AvgIpc) is 1.62. The second-order valence-corrected chi connectivity index (χ2v) is 4.66. The molecule has 4 heteroatoms. The Morgan fingerprint density at radius 3 is 3.38 bits per heavy atom. The predicted octanol–water partition coefficient (Wildman–Crippen LogP) is 0.270. The molecule has 0 aromatic carbocycles. The fourth-order valence-electron chi connectivity index (χ4n) is 0.526. The predicted molar refractivity (Wildman–Crippen MR) is 30.0 cm³/mol. The van der Waals surface area contributed by atoms with Crippen molar-refractivity contribution in [1.82, 2.24) is 3.70 Å². The molecule has 0 aromatic heterocycles. The van der Waals surface area contributed by atoms with E-state index in [9.17, 15) is 0 Å². The van der Waals surface area contributed by atoms with Crippen LogP contribution in [0.15, 0.2) is 0 Å². The van der Waals surface area contributed by atoms with Gasteiger partial charge in [0.05, 0.1) is 0 Å². The van der Waals surface area contributed by atoms with Crippen molar-refractivity contribution in [3.8, 4) is 0 Å². The molecule has 2 radical (unpaired) electrons. The van der Waals surface area contributed by atoms with Crippen LogP contribution in [0, 0.1) is 0 Å². The van der Waals surface area contributed by atoms with Crippen molar-refractivity contribution in [3.05, 3.63) is 0 Å². The molecule has 1 heterocycles. The first-order chi connectivity index (χ1) is 4.00. The van der Waals surface area contributed by atoms with Crippen LogP contribution < -0.4 is 3.70 Å². The van der Waals surface area contributed by atoms with Crippen LogP contribution in [0.2, 0.25) is 4.44 Å². The number of hydrogen-bond donors (Lipinski definition) is 1. The molecule has 1 saturated heterocycles. The molecule has 1 N–H and O–H groups in total. The normalized spacial score (nSPS) is 24.0. The van der Waals surface area contributed by atoms with Crippen LogP contribution in [0.5, 0.6) is 0 Å². The fraction of sp³-hybridized carbons (Fsp3) is 1.00. The quantitative estimate of drug-likeness (QED) is 0.471. The molecule has 0 aromatic rings. The Morgan fingerprint density at radius 1 is 1.38 bits per heavy atom. The first kappa shape index (κ1) is 6.79. The SMILES string of the molecule is C1C[CH2][Sn][NH]OOC1. The first-order valence-corrected chi connectivity index (χ1v) is 6.21. The molecule has 3 nitrogen and oxygen atoms in total. The van der Waals surface area contributed by atoms with E-state index in [-0.39, 0.29) is 21.4 Å². The van der Waals surface area contributed by atoms with Gasteiger partial charge in [0, 0.05) is 0 Å². The van der Waals surface area contributed by atoms with Crippen molar-refractivity contribution in [2.45, 2.75) is 17.3 Å². The maximum atomic E-state index is 4.71. The summed E-state index contributed by atoms with van der Waals surface area (Å²) in [5.74, 6) is 0. The van der Waals surface area contributed by atoms with Gasteiger partial charge in [-0.05, 0) is 0 Å². The summed E-state index contributed by atoms with van der Waals surface area (Å²) < 4.78 is 4.19. The second-order valence-electron chi connectivity index (χ2n) is 1.64. The van der Waals surface area contributed by atoms with Gasteiger partial charge in [0.25, 0.3) is 0 Å². The summed E-state index contributed by atoms with van der Waals surface area (Å²) >= 11 is -0.381. The van der Waals surface area contributed by atoms with Crippen molar-refractivity contribution in [1.29, 1.82) is 0 Å². The van der Waals surface area contributed by atoms with Crippen molar-refractivity contribution < 1.29 is 9.88 Å². The van der Waals surface area contributed by atoms with Crippen molar-refractivity contribution in [2.24, 2.45) is 0 Å². The minimum atomic E-state index is -0.381. The molecule has 1 aliphatic heterocycles. The van der Waals surface area contributed by atoms with E-state index in [1.165, 1.54) is 10.9 Å². The van der Waals surface area contributed by atoms with E-state index in [1.54, 1.807) is 0 Å². The van der Waals surface area contributed by atoms with Gasteiger partial charge in [-0.15, -0.1) is 0 Å². The van der Waals surface area contributed by atoms with E-state index in [0.717, 1.165) is 13.0 Å². The third-order valence-corrected chi connectivity index (χ3v) is 3.32. The van der Waals surface area contributed by atoms with Crippen LogP contribution in [0.1, 0.15) is 12.8 Å². The summed E-state index contributed by atoms with van der Waals surface area (Å²) in [5.41, 5.74) is 0. The van der Waals surface area contributed by atoms with Crippen LogP contribution in [-0.2, 0) is 9.88 Å². The third-order valence-electron chi connectivity index (χ3n) is 0.952. The minimum absolute atomic E-state index is 0.381. The van der Waals surface area contributed by atoms with Crippen molar-refractivity contribution in [3.63, 3.8) is 0 Å². The summed E-state index contributed by atoms with van der Waals surface area (Å²) in [6.07, 6.45) is 2.46. The summed E-state index contributed by atoms with van der Waals surface area (Å²) in [7, 11) is 0. The van der Waals surface area contributed by atoms with Gasteiger partial charge < -0.3 is 0 Å². The molecule has 0 aliphatic carbocycles. The van der Waals surface area contributed by atoms with Crippen molar-refractivity contribution >= 4 is 21.4 Å². The Morgan fingerprint density at radius 2 is 2.38 bits per heavy atom. The van der Waals surface area contributed by atoms with Gasteiger partial charge >= 0.3 is 58.9 Å². The van der Waals surface area contributed by atoms with E-state index >= 15 is 0 Å². The van der Waals surface area contributed by atoms with Gasteiger partial charge in [-0.2, -0.15) is 0 Å². The molecule has 0 bridgehead atoms. The number of hydrogen-bond acceptors (Lipinski definition) is 3. The van der Waals surface area contributed by atoms with E-state index in [2.05, 4.69) is 8.69 Å². The standard InChI is InChI=1S/C4H9NO2.Sn/c1-2-3-4-6-7-5;/h5H,1-4H2;/q-1;+1. The van der Waals surface area contributed by atoms with Gasteiger partial charge in [0.1, 0.15) is 0 Å². The zero-order valence-electron chi connectivity index (χ0n) is 4.64. The average molecular weight is 222 g/mol. The van der Waals surface area contributed by atoms with Crippen molar-refractivity contribution in [2.75, 3.05) is 6.61 Å². The van der Waals surface area contributed by atoms with Crippen LogP contribution in [-0.4, -0.2) is 28.0 Å². The molecule has 0 atom stereocenters. The van der Waals surface area contributed by atoms with Gasteiger partial charge in [-0.3, -0.25) is 0 Å². The Bertz CT molecular complexity index is 38.0. The monoisotopic (exact) mass is 223 g/mol. The van der Waals surface area contributed by atoms with E-state index in [0.29, 0.717) is 0 Å². The second kappa shape index (κ2) is 4.55. The fourth-order valence-corrected chi connectivity index (χ4v) is 2.37. The Kier molecular flexibility index (Phi) is 3.86.